The van der Waals surface area contributed by atoms with Crippen molar-refractivity contribution in [2.24, 2.45) is 0 Å². The molecule has 1 fully saturated rings. The van der Waals surface area contributed by atoms with Gasteiger partial charge in [-0.2, -0.15) is 8.78 Å². The van der Waals surface area contributed by atoms with E-state index >= 15 is 0 Å². The predicted molar refractivity (Wildman–Crippen MR) is 84.1 cm³/mol. The predicted octanol–water partition coefficient (Wildman–Crippen LogP) is 3.08. The lowest BCUT2D eigenvalue weighted by atomic mass is 10.2. The summed E-state index contributed by atoms with van der Waals surface area (Å²) in [5, 5.41) is 3.34. The van der Waals surface area contributed by atoms with Crippen LogP contribution in [0.25, 0.3) is 0 Å². The number of hydrogen-bond acceptors (Lipinski definition) is 5. The Kier molecular flexibility index (Phi) is 4.55. The molecule has 1 unspecified atom stereocenters. The molecular formula is C16H18F2N4O. The summed E-state index contributed by atoms with van der Waals surface area (Å²) in [6.07, 6.45) is 4.27. The minimum Gasteiger partial charge on any atom is -0.433 e. The van der Waals surface area contributed by atoms with E-state index in [4.69, 9.17) is 0 Å². The van der Waals surface area contributed by atoms with Gasteiger partial charge in [0.05, 0.1) is 17.6 Å². The van der Waals surface area contributed by atoms with Gasteiger partial charge in [0.2, 0.25) is 0 Å². The molecule has 5 nitrogen and oxygen atoms in total. The molecular weight excluding hydrogens is 302 g/mol. The SMILES string of the molecule is Cc1cncc(NC2CCN(c3ccccc3OC(F)F)C2)n1. The van der Waals surface area contributed by atoms with Crippen LogP contribution in [0.2, 0.25) is 0 Å². The highest BCUT2D eigenvalue weighted by atomic mass is 19.3. The Labute approximate surface area is 133 Å². The van der Waals surface area contributed by atoms with Crippen molar-refractivity contribution in [3.8, 4) is 5.75 Å². The van der Waals surface area contributed by atoms with Crippen LogP contribution in [0.15, 0.2) is 36.7 Å². The van der Waals surface area contributed by atoms with Gasteiger partial charge in [0.25, 0.3) is 0 Å². The molecule has 1 aliphatic heterocycles. The number of para-hydroxylation sites is 2. The fraction of sp³-hybridized carbons (Fsp3) is 0.375. The first kappa shape index (κ1) is 15.5. The van der Waals surface area contributed by atoms with Crippen LogP contribution in [0.1, 0.15) is 12.1 Å². The zero-order chi connectivity index (χ0) is 16.2. The van der Waals surface area contributed by atoms with Crippen molar-refractivity contribution in [3.63, 3.8) is 0 Å². The number of halogens is 2. The highest BCUT2D eigenvalue weighted by Crippen LogP contribution is 2.32. The van der Waals surface area contributed by atoms with E-state index < -0.39 is 6.61 Å². The van der Waals surface area contributed by atoms with Crippen molar-refractivity contribution >= 4 is 11.5 Å². The lowest BCUT2D eigenvalue weighted by Crippen LogP contribution is -2.27. The van der Waals surface area contributed by atoms with Crippen LogP contribution in [-0.4, -0.2) is 35.7 Å². The van der Waals surface area contributed by atoms with Gasteiger partial charge in [-0.25, -0.2) is 4.98 Å². The average Bonchev–Trinajstić information content (AvgIpc) is 2.95. The number of benzene rings is 1. The molecule has 1 atom stereocenters. The number of nitrogens with one attached hydrogen (secondary N) is 1. The molecule has 122 valence electrons. The van der Waals surface area contributed by atoms with Gasteiger partial charge < -0.3 is 15.0 Å². The molecule has 3 rings (SSSR count). The van der Waals surface area contributed by atoms with E-state index in [0.717, 1.165) is 24.5 Å². The zero-order valence-corrected chi connectivity index (χ0v) is 12.7. The van der Waals surface area contributed by atoms with E-state index in [2.05, 4.69) is 20.0 Å². The third-order valence-electron chi connectivity index (χ3n) is 3.72. The summed E-state index contributed by atoms with van der Waals surface area (Å²) in [7, 11) is 0. The van der Waals surface area contributed by atoms with Crippen LogP contribution >= 0.6 is 0 Å². The minimum atomic E-state index is -2.82. The largest absolute Gasteiger partial charge is 0.433 e. The Hall–Kier alpha value is -2.44. The van der Waals surface area contributed by atoms with E-state index in [-0.39, 0.29) is 11.8 Å². The monoisotopic (exact) mass is 320 g/mol. The van der Waals surface area contributed by atoms with Crippen LogP contribution in [-0.2, 0) is 0 Å². The third-order valence-corrected chi connectivity index (χ3v) is 3.72. The van der Waals surface area contributed by atoms with E-state index in [0.29, 0.717) is 12.2 Å². The minimum absolute atomic E-state index is 0.186. The summed E-state index contributed by atoms with van der Waals surface area (Å²) in [5.41, 5.74) is 1.54. The quantitative estimate of drug-likeness (QED) is 0.917. The number of ether oxygens (including phenoxy) is 1. The van der Waals surface area contributed by atoms with E-state index in [1.165, 1.54) is 0 Å². The van der Waals surface area contributed by atoms with Gasteiger partial charge in [-0.05, 0) is 25.5 Å². The number of anilines is 2. The van der Waals surface area contributed by atoms with E-state index in [9.17, 15) is 8.78 Å². The lowest BCUT2D eigenvalue weighted by Gasteiger charge is -2.22. The fourth-order valence-corrected chi connectivity index (χ4v) is 2.75. The summed E-state index contributed by atoms with van der Waals surface area (Å²) in [6.45, 7) is 0.520. The normalized spacial score (nSPS) is 17.6. The van der Waals surface area contributed by atoms with Crippen LogP contribution in [0, 0.1) is 6.92 Å². The molecule has 1 N–H and O–H groups in total. The van der Waals surface area contributed by atoms with Gasteiger partial charge in [-0.15, -0.1) is 0 Å². The Bertz CT molecular complexity index is 668. The Morgan fingerprint density at radius 1 is 1.30 bits per heavy atom. The Balaban J connectivity index is 1.68. The van der Waals surface area contributed by atoms with Crippen LogP contribution in [0.4, 0.5) is 20.3 Å². The molecule has 0 aliphatic carbocycles. The standard InChI is InChI=1S/C16H18F2N4O/c1-11-8-19-9-15(20-11)21-12-6-7-22(10-12)13-4-2-3-5-14(13)23-16(17)18/h2-5,8-9,12,16H,6-7,10H2,1H3,(H,20,21). The van der Waals surface area contributed by atoms with Gasteiger partial charge in [0.1, 0.15) is 11.6 Å². The smallest absolute Gasteiger partial charge is 0.387 e. The summed E-state index contributed by atoms with van der Waals surface area (Å²) in [4.78, 5) is 10.5. The maximum Gasteiger partial charge on any atom is 0.387 e. The molecule has 0 radical (unpaired) electrons. The first-order valence-corrected chi connectivity index (χ1v) is 7.46. The second-order valence-electron chi connectivity index (χ2n) is 5.47. The summed E-state index contributed by atoms with van der Waals surface area (Å²) in [5.74, 6) is 0.937. The number of aromatic nitrogens is 2. The summed E-state index contributed by atoms with van der Waals surface area (Å²) < 4.78 is 29.7. The van der Waals surface area contributed by atoms with Gasteiger partial charge in [-0.3, -0.25) is 4.98 Å². The van der Waals surface area contributed by atoms with Crippen molar-refractivity contribution < 1.29 is 13.5 Å². The lowest BCUT2D eigenvalue weighted by molar-refractivity contribution is -0.0495. The molecule has 0 bridgehead atoms. The molecule has 2 aromatic rings. The van der Waals surface area contributed by atoms with Crippen LogP contribution < -0.4 is 15.0 Å². The van der Waals surface area contributed by atoms with Crippen molar-refractivity contribution in [3.05, 3.63) is 42.4 Å². The molecule has 7 heteroatoms. The molecule has 1 aliphatic rings. The third kappa shape index (κ3) is 3.85. The van der Waals surface area contributed by atoms with Crippen molar-refractivity contribution in [2.45, 2.75) is 26.0 Å². The second-order valence-corrected chi connectivity index (χ2v) is 5.47. The highest BCUT2D eigenvalue weighted by Gasteiger charge is 2.25. The Morgan fingerprint density at radius 2 is 2.13 bits per heavy atom. The molecule has 0 spiro atoms. The highest BCUT2D eigenvalue weighted by molar-refractivity contribution is 5.59. The van der Waals surface area contributed by atoms with Gasteiger partial charge in [0.15, 0.2) is 0 Å². The molecule has 1 saturated heterocycles. The number of hydrogen-bond donors (Lipinski definition) is 1. The fourth-order valence-electron chi connectivity index (χ4n) is 2.75. The topological polar surface area (TPSA) is 50.3 Å². The first-order chi connectivity index (χ1) is 11.1. The van der Waals surface area contributed by atoms with Crippen molar-refractivity contribution in [2.75, 3.05) is 23.3 Å². The molecule has 0 saturated carbocycles. The molecule has 23 heavy (non-hydrogen) atoms. The average molecular weight is 320 g/mol. The molecule has 0 amide bonds. The second kappa shape index (κ2) is 6.76. The Morgan fingerprint density at radius 3 is 2.91 bits per heavy atom. The summed E-state index contributed by atoms with van der Waals surface area (Å²) >= 11 is 0. The number of rotatable bonds is 5. The maximum atomic E-state index is 12.5. The number of aryl methyl sites for hydroxylation is 1. The van der Waals surface area contributed by atoms with Gasteiger partial charge in [0, 0.05) is 25.3 Å². The van der Waals surface area contributed by atoms with E-state index in [1.54, 1.807) is 30.6 Å². The van der Waals surface area contributed by atoms with Gasteiger partial charge in [-0.1, -0.05) is 12.1 Å². The molecule has 1 aromatic heterocycles. The van der Waals surface area contributed by atoms with Crippen molar-refractivity contribution in [1.29, 1.82) is 0 Å². The van der Waals surface area contributed by atoms with E-state index in [1.807, 2.05) is 17.9 Å². The zero-order valence-electron chi connectivity index (χ0n) is 12.7. The first-order valence-electron chi connectivity index (χ1n) is 7.46. The van der Waals surface area contributed by atoms with Crippen molar-refractivity contribution in [1.82, 2.24) is 9.97 Å². The maximum absolute atomic E-state index is 12.5. The van der Waals surface area contributed by atoms with Crippen LogP contribution in [0.5, 0.6) is 5.75 Å². The van der Waals surface area contributed by atoms with Gasteiger partial charge >= 0.3 is 6.61 Å². The van der Waals surface area contributed by atoms with Crippen LogP contribution in [0.3, 0.4) is 0 Å². The number of nitrogens with zero attached hydrogens (tertiary/aromatic N) is 3. The molecule has 1 aromatic carbocycles. The number of alkyl halides is 2. The summed E-state index contributed by atoms with van der Waals surface area (Å²) in [6, 6.07) is 7.06. The molecule has 2 heterocycles.